The molecule has 1 aromatic heterocycles. The molecular weight excluding hydrogens is 262 g/mol. The lowest BCUT2D eigenvalue weighted by atomic mass is 10.1. The fourth-order valence-electron chi connectivity index (χ4n) is 1.63. The topological polar surface area (TPSA) is 25.8 Å². The Hall–Kier alpha value is -1.19. The highest BCUT2D eigenvalue weighted by Gasteiger charge is 2.12. The van der Waals surface area contributed by atoms with Gasteiger partial charge in [-0.3, -0.25) is 0 Å². The molecule has 0 saturated heterocycles. The van der Waals surface area contributed by atoms with Crippen molar-refractivity contribution in [1.29, 1.82) is 0 Å². The maximum atomic E-state index is 13.2. The predicted molar refractivity (Wildman–Crippen MR) is 66.9 cm³/mol. The minimum Gasteiger partial charge on any atom is -0.213 e. The lowest BCUT2D eigenvalue weighted by Gasteiger charge is -2.05. The first-order valence-electron chi connectivity index (χ1n) is 4.94. The smallest absolute Gasteiger partial charge is 0.197 e. The van der Waals surface area contributed by atoms with Gasteiger partial charge in [0.05, 0.1) is 0 Å². The maximum absolute atomic E-state index is 13.2. The third-order valence-electron chi connectivity index (χ3n) is 2.25. The van der Waals surface area contributed by atoms with Gasteiger partial charge in [0.25, 0.3) is 0 Å². The molecule has 0 N–H and O–H groups in total. The van der Waals surface area contributed by atoms with Gasteiger partial charge < -0.3 is 0 Å². The third kappa shape index (κ3) is 2.56. The molecule has 88 valence electrons. The number of nitrogens with zero attached hydrogens (tertiary/aromatic N) is 2. The van der Waals surface area contributed by atoms with Gasteiger partial charge in [-0.05, 0) is 26.0 Å². The van der Waals surface area contributed by atoms with E-state index in [0.717, 1.165) is 16.7 Å². The summed E-state index contributed by atoms with van der Waals surface area (Å²) in [6.45, 7) is 3.92. The van der Waals surface area contributed by atoms with E-state index in [-0.39, 0.29) is 10.3 Å². The van der Waals surface area contributed by atoms with Gasteiger partial charge >= 0.3 is 0 Å². The average Bonchev–Trinajstić information content (AvgIpc) is 2.23. The van der Waals surface area contributed by atoms with Crippen LogP contribution in [0.1, 0.15) is 11.1 Å². The Labute approximate surface area is 108 Å². The summed E-state index contributed by atoms with van der Waals surface area (Å²) in [5.74, 6) is -0.463. The Kier molecular flexibility index (Phi) is 3.31. The van der Waals surface area contributed by atoms with Crippen molar-refractivity contribution in [1.82, 2.24) is 9.97 Å². The van der Waals surface area contributed by atoms with Crippen LogP contribution >= 0.6 is 23.2 Å². The van der Waals surface area contributed by atoms with Crippen LogP contribution in [0.2, 0.25) is 10.3 Å². The van der Waals surface area contributed by atoms with E-state index in [1.165, 1.54) is 0 Å². The second kappa shape index (κ2) is 4.59. The number of aryl methyl sites for hydroxylation is 2. The van der Waals surface area contributed by atoms with Crippen molar-refractivity contribution in [2.24, 2.45) is 0 Å². The largest absolute Gasteiger partial charge is 0.213 e. The minimum atomic E-state index is -0.790. The van der Waals surface area contributed by atoms with E-state index in [1.807, 2.05) is 32.0 Å². The molecule has 0 aliphatic rings. The van der Waals surface area contributed by atoms with Gasteiger partial charge in [0.2, 0.25) is 0 Å². The quantitative estimate of drug-likeness (QED) is 0.726. The molecule has 0 atom stereocenters. The maximum Gasteiger partial charge on any atom is 0.197 e. The second-order valence-electron chi connectivity index (χ2n) is 3.82. The summed E-state index contributed by atoms with van der Waals surface area (Å²) in [7, 11) is 0. The summed E-state index contributed by atoms with van der Waals surface area (Å²) in [6, 6.07) is 5.82. The molecule has 17 heavy (non-hydrogen) atoms. The van der Waals surface area contributed by atoms with Crippen molar-refractivity contribution in [2.75, 3.05) is 0 Å². The molecule has 0 saturated carbocycles. The van der Waals surface area contributed by atoms with Crippen LogP contribution in [0.25, 0.3) is 11.4 Å². The van der Waals surface area contributed by atoms with Gasteiger partial charge in [-0.15, -0.1) is 0 Å². The Bertz CT molecular complexity index is 541. The second-order valence-corrected chi connectivity index (χ2v) is 4.54. The summed E-state index contributed by atoms with van der Waals surface area (Å²) in [5.41, 5.74) is 2.91. The molecular formula is C12H9Cl2FN2. The summed E-state index contributed by atoms with van der Waals surface area (Å²) in [4.78, 5) is 7.76. The van der Waals surface area contributed by atoms with E-state index < -0.39 is 5.82 Å². The molecule has 0 bridgehead atoms. The minimum absolute atomic E-state index is 0.265. The average molecular weight is 271 g/mol. The molecule has 0 fully saturated rings. The van der Waals surface area contributed by atoms with Gasteiger partial charge in [0, 0.05) is 5.56 Å². The molecule has 0 aliphatic heterocycles. The third-order valence-corrected chi connectivity index (χ3v) is 2.75. The molecule has 0 unspecified atom stereocenters. The first-order chi connectivity index (χ1) is 7.97. The molecule has 0 spiro atoms. The zero-order valence-electron chi connectivity index (χ0n) is 9.26. The predicted octanol–water partition coefficient (Wildman–Crippen LogP) is 4.21. The lowest BCUT2D eigenvalue weighted by molar-refractivity contribution is 0.615. The number of hydrogen-bond donors (Lipinski definition) is 0. The molecule has 2 rings (SSSR count). The molecule has 2 nitrogen and oxygen atoms in total. The monoisotopic (exact) mass is 270 g/mol. The fraction of sp³-hybridized carbons (Fsp3) is 0.167. The van der Waals surface area contributed by atoms with Crippen molar-refractivity contribution in [3.8, 4) is 11.4 Å². The fourth-order valence-corrected chi connectivity index (χ4v) is 2.01. The molecule has 0 radical (unpaired) electrons. The van der Waals surface area contributed by atoms with Crippen LogP contribution in [0.3, 0.4) is 0 Å². The first-order valence-corrected chi connectivity index (χ1v) is 5.70. The van der Waals surface area contributed by atoms with Gasteiger partial charge in [0.15, 0.2) is 21.9 Å². The normalized spacial score (nSPS) is 10.6. The lowest BCUT2D eigenvalue weighted by Crippen LogP contribution is -1.95. The Morgan fingerprint density at radius 2 is 1.41 bits per heavy atom. The van der Waals surface area contributed by atoms with Crippen molar-refractivity contribution in [2.45, 2.75) is 13.8 Å². The van der Waals surface area contributed by atoms with Crippen LogP contribution in [0, 0.1) is 19.7 Å². The van der Waals surface area contributed by atoms with Crippen molar-refractivity contribution < 1.29 is 4.39 Å². The van der Waals surface area contributed by atoms with Crippen molar-refractivity contribution in [3.05, 3.63) is 45.4 Å². The van der Waals surface area contributed by atoms with Crippen LogP contribution in [0.5, 0.6) is 0 Å². The number of benzene rings is 1. The molecule has 5 heteroatoms. The number of halogens is 3. The molecule has 1 aromatic carbocycles. The number of aromatic nitrogens is 2. The summed E-state index contributed by atoms with van der Waals surface area (Å²) >= 11 is 11.3. The Morgan fingerprint density at radius 3 is 1.88 bits per heavy atom. The van der Waals surface area contributed by atoms with Crippen molar-refractivity contribution >= 4 is 23.2 Å². The van der Waals surface area contributed by atoms with E-state index in [1.54, 1.807) is 0 Å². The van der Waals surface area contributed by atoms with E-state index in [9.17, 15) is 4.39 Å². The van der Waals surface area contributed by atoms with Crippen LogP contribution in [-0.2, 0) is 0 Å². The zero-order valence-corrected chi connectivity index (χ0v) is 10.8. The van der Waals surface area contributed by atoms with Gasteiger partial charge in [-0.2, -0.15) is 0 Å². The molecule has 2 aromatic rings. The highest BCUT2D eigenvalue weighted by Crippen LogP contribution is 2.25. The highest BCUT2D eigenvalue weighted by atomic mass is 35.5. The van der Waals surface area contributed by atoms with Crippen molar-refractivity contribution in [3.63, 3.8) is 0 Å². The van der Waals surface area contributed by atoms with E-state index in [0.29, 0.717) is 5.82 Å². The van der Waals surface area contributed by atoms with Gasteiger partial charge in [0.1, 0.15) is 0 Å². The first kappa shape index (κ1) is 12.3. The van der Waals surface area contributed by atoms with Gasteiger partial charge in [-0.25, -0.2) is 14.4 Å². The number of hydrogen-bond acceptors (Lipinski definition) is 2. The molecule has 1 heterocycles. The van der Waals surface area contributed by atoms with E-state index in [2.05, 4.69) is 9.97 Å². The Morgan fingerprint density at radius 1 is 0.941 bits per heavy atom. The summed E-state index contributed by atoms with van der Waals surface area (Å²) < 4.78 is 13.2. The van der Waals surface area contributed by atoms with Crippen LogP contribution in [0.15, 0.2) is 18.2 Å². The zero-order chi connectivity index (χ0) is 12.6. The molecule has 0 amide bonds. The highest BCUT2D eigenvalue weighted by molar-refractivity contribution is 6.33. The van der Waals surface area contributed by atoms with Crippen LogP contribution in [0.4, 0.5) is 4.39 Å². The van der Waals surface area contributed by atoms with Crippen LogP contribution in [-0.4, -0.2) is 9.97 Å². The summed E-state index contributed by atoms with van der Waals surface area (Å²) in [5, 5.41) is -0.529. The van der Waals surface area contributed by atoms with E-state index >= 15 is 0 Å². The Balaban J connectivity index is 2.60. The number of rotatable bonds is 1. The van der Waals surface area contributed by atoms with E-state index in [4.69, 9.17) is 23.2 Å². The SMILES string of the molecule is Cc1cc(C)cc(-c2nc(Cl)c(F)c(Cl)n2)c1. The standard InChI is InChI=1S/C12H9Cl2FN2/c1-6-3-7(2)5-8(4-6)12-16-10(13)9(15)11(14)17-12/h3-5H,1-2H3. The van der Waals surface area contributed by atoms with Crippen LogP contribution < -0.4 is 0 Å². The summed E-state index contributed by atoms with van der Waals surface area (Å²) in [6.07, 6.45) is 0. The van der Waals surface area contributed by atoms with Gasteiger partial charge in [-0.1, -0.05) is 40.4 Å². The molecule has 0 aliphatic carbocycles.